The highest BCUT2D eigenvalue weighted by atomic mass is 19.1. The lowest BCUT2D eigenvalue weighted by Gasteiger charge is -2.15. The number of nitrogens with zero attached hydrogens (tertiary/aromatic N) is 3. The Morgan fingerprint density at radius 3 is 2.53 bits per heavy atom. The fourth-order valence-corrected chi connectivity index (χ4v) is 3.44. The zero-order valence-electron chi connectivity index (χ0n) is 17.0. The van der Waals surface area contributed by atoms with Crippen molar-refractivity contribution in [3.8, 4) is 5.69 Å². The third-order valence-corrected chi connectivity index (χ3v) is 4.96. The Labute approximate surface area is 173 Å². The van der Waals surface area contributed by atoms with Crippen LogP contribution < -0.4 is 11.0 Å². The summed E-state index contributed by atoms with van der Waals surface area (Å²) in [6, 6.07) is 19.4. The molecule has 4 rings (SSSR count). The van der Waals surface area contributed by atoms with E-state index >= 15 is 0 Å². The van der Waals surface area contributed by atoms with Crippen LogP contribution in [0.2, 0.25) is 0 Å². The summed E-state index contributed by atoms with van der Waals surface area (Å²) >= 11 is 0. The van der Waals surface area contributed by atoms with E-state index in [0.29, 0.717) is 27.9 Å². The van der Waals surface area contributed by atoms with E-state index in [1.54, 1.807) is 37.3 Å². The molecule has 0 saturated carbocycles. The molecule has 0 aliphatic carbocycles. The predicted octanol–water partition coefficient (Wildman–Crippen LogP) is 4.98. The second-order valence-electron chi connectivity index (χ2n) is 7.17. The van der Waals surface area contributed by atoms with Gasteiger partial charge in [0.2, 0.25) is 5.95 Å². The minimum atomic E-state index is -0.362. The number of para-hydroxylation sites is 1. The number of rotatable bonds is 4. The van der Waals surface area contributed by atoms with Gasteiger partial charge in [0, 0.05) is 5.56 Å². The number of aromatic nitrogens is 2. The van der Waals surface area contributed by atoms with Gasteiger partial charge < -0.3 is 0 Å². The molecule has 0 aliphatic rings. The van der Waals surface area contributed by atoms with Gasteiger partial charge in [-0.2, -0.15) is 5.10 Å². The molecule has 3 aromatic carbocycles. The van der Waals surface area contributed by atoms with Gasteiger partial charge in [0.25, 0.3) is 5.56 Å². The molecule has 0 atom stereocenters. The van der Waals surface area contributed by atoms with Crippen molar-refractivity contribution < 1.29 is 4.39 Å². The molecular formula is C24H21FN4O. The molecule has 1 N–H and O–H groups in total. The summed E-state index contributed by atoms with van der Waals surface area (Å²) in [5.74, 6) is -0.0971. The summed E-state index contributed by atoms with van der Waals surface area (Å²) in [6.07, 6.45) is 0. The zero-order valence-corrected chi connectivity index (χ0v) is 17.0. The highest BCUT2D eigenvalue weighted by molar-refractivity contribution is 5.99. The number of hydrogen-bond donors (Lipinski definition) is 1. The first kappa shape index (κ1) is 19.5. The quantitative estimate of drug-likeness (QED) is 0.388. The fraction of sp³-hybridized carbons (Fsp3) is 0.125. The van der Waals surface area contributed by atoms with Gasteiger partial charge in [-0.15, -0.1) is 0 Å². The zero-order chi connectivity index (χ0) is 21.3. The highest BCUT2D eigenvalue weighted by Crippen LogP contribution is 2.20. The Morgan fingerprint density at radius 2 is 1.77 bits per heavy atom. The molecule has 0 unspecified atom stereocenters. The largest absolute Gasteiger partial charge is 0.268 e. The molecule has 0 fully saturated rings. The Hall–Kier alpha value is -3.80. The standard InChI is InChI=1S/C24H21FN4O/c1-15-12-13-22(16(2)14-15)29-23(30)19-9-5-7-11-21(19)26-24(29)28-27-17(3)18-8-4-6-10-20(18)25/h4-14H,1-3H3,(H,26,28)/b27-17-. The van der Waals surface area contributed by atoms with Gasteiger partial charge in [0.15, 0.2) is 0 Å². The number of anilines is 1. The van der Waals surface area contributed by atoms with E-state index in [1.807, 2.05) is 44.2 Å². The van der Waals surface area contributed by atoms with Crippen LogP contribution >= 0.6 is 0 Å². The van der Waals surface area contributed by atoms with Gasteiger partial charge in [-0.25, -0.2) is 19.4 Å². The van der Waals surface area contributed by atoms with E-state index in [0.717, 1.165) is 11.1 Å². The third-order valence-electron chi connectivity index (χ3n) is 4.96. The van der Waals surface area contributed by atoms with Crippen LogP contribution in [0.1, 0.15) is 23.6 Å². The number of fused-ring (bicyclic) bond motifs is 1. The van der Waals surface area contributed by atoms with E-state index in [2.05, 4.69) is 15.5 Å². The summed E-state index contributed by atoms with van der Waals surface area (Å²) in [4.78, 5) is 17.9. The maximum atomic E-state index is 14.1. The lowest BCUT2D eigenvalue weighted by molar-refractivity contribution is 0.625. The predicted molar refractivity (Wildman–Crippen MR) is 119 cm³/mol. The first-order valence-corrected chi connectivity index (χ1v) is 9.60. The van der Waals surface area contributed by atoms with E-state index in [-0.39, 0.29) is 17.3 Å². The van der Waals surface area contributed by atoms with Crippen LogP contribution in [0.3, 0.4) is 0 Å². The Balaban J connectivity index is 1.89. The normalized spacial score (nSPS) is 11.7. The van der Waals surface area contributed by atoms with Gasteiger partial charge in [-0.1, -0.05) is 48.0 Å². The van der Waals surface area contributed by atoms with E-state index in [1.165, 1.54) is 10.6 Å². The van der Waals surface area contributed by atoms with Crippen LogP contribution in [0.15, 0.2) is 76.6 Å². The molecule has 1 heterocycles. The second-order valence-corrected chi connectivity index (χ2v) is 7.17. The maximum absolute atomic E-state index is 14.1. The smallest absolute Gasteiger partial charge is 0.267 e. The summed E-state index contributed by atoms with van der Waals surface area (Å²) in [5.41, 5.74) is 6.82. The van der Waals surface area contributed by atoms with Crippen molar-refractivity contribution in [2.75, 3.05) is 5.43 Å². The Morgan fingerprint density at radius 1 is 1.03 bits per heavy atom. The topological polar surface area (TPSA) is 59.3 Å². The molecular weight excluding hydrogens is 379 g/mol. The first-order valence-electron chi connectivity index (χ1n) is 9.60. The number of halogens is 1. The molecule has 150 valence electrons. The van der Waals surface area contributed by atoms with Crippen molar-refractivity contribution in [1.82, 2.24) is 9.55 Å². The molecule has 0 bridgehead atoms. The van der Waals surface area contributed by atoms with Crippen LogP contribution in [0.25, 0.3) is 16.6 Å². The van der Waals surface area contributed by atoms with Crippen molar-refractivity contribution >= 4 is 22.6 Å². The van der Waals surface area contributed by atoms with Crippen LogP contribution in [0.4, 0.5) is 10.3 Å². The van der Waals surface area contributed by atoms with Gasteiger partial charge in [0.05, 0.1) is 22.3 Å². The molecule has 0 saturated heterocycles. The lowest BCUT2D eigenvalue weighted by Crippen LogP contribution is -2.23. The second kappa shape index (κ2) is 7.91. The maximum Gasteiger partial charge on any atom is 0.267 e. The minimum absolute atomic E-state index is 0.200. The van der Waals surface area contributed by atoms with Gasteiger partial charge in [-0.05, 0) is 50.6 Å². The highest BCUT2D eigenvalue weighted by Gasteiger charge is 2.14. The van der Waals surface area contributed by atoms with Gasteiger partial charge >= 0.3 is 0 Å². The molecule has 0 amide bonds. The molecule has 5 nitrogen and oxygen atoms in total. The number of hydrogen-bond acceptors (Lipinski definition) is 4. The molecule has 0 radical (unpaired) electrons. The number of benzene rings is 3. The summed E-state index contributed by atoms with van der Waals surface area (Å²) in [7, 11) is 0. The Bertz CT molecular complexity index is 1340. The molecule has 0 aliphatic heterocycles. The number of aryl methyl sites for hydroxylation is 2. The third kappa shape index (κ3) is 3.59. The number of nitrogens with one attached hydrogen (secondary N) is 1. The summed E-state index contributed by atoms with van der Waals surface area (Å²) < 4.78 is 15.6. The number of hydrazone groups is 1. The average Bonchev–Trinajstić information content (AvgIpc) is 2.73. The molecule has 1 aromatic heterocycles. The average molecular weight is 400 g/mol. The van der Waals surface area contributed by atoms with Crippen LogP contribution in [-0.2, 0) is 0 Å². The van der Waals surface area contributed by atoms with E-state index in [4.69, 9.17) is 0 Å². The van der Waals surface area contributed by atoms with Crippen molar-refractivity contribution in [1.29, 1.82) is 0 Å². The first-order chi connectivity index (χ1) is 14.5. The Kier molecular flexibility index (Phi) is 5.14. The monoisotopic (exact) mass is 400 g/mol. The van der Waals surface area contributed by atoms with Crippen molar-refractivity contribution in [2.24, 2.45) is 5.10 Å². The van der Waals surface area contributed by atoms with Crippen molar-refractivity contribution in [3.63, 3.8) is 0 Å². The fourth-order valence-electron chi connectivity index (χ4n) is 3.44. The minimum Gasteiger partial charge on any atom is -0.268 e. The van der Waals surface area contributed by atoms with Crippen molar-refractivity contribution in [2.45, 2.75) is 20.8 Å². The molecule has 6 heteroatoms. The van der Waals surface area contributed by atoms with Crippen LogP contribution in [-0.4, -0.2) is 15.3 Å². The van der Waals surface area contributed by atoms with Gasteiger partial charge in [-0.3, -0.25) is 4.79 Å². The molecule has 30 heavy (non-hydrogen) atoms. The molecule has 0 spiro atoms. The van der Waals surface area contributed by atoms with Crippen molar-refractivity contribution in [3.05, 3.63) is 99.6 Å². The lowest BCUT2D eigenvalue weighted by atomic mass is 10.1. The summed E-state index contributed by atoms with van der Waals surface area (Å²) in [6.45, 7) is 5.65. The van der Waals surface area contributed by atoms with E-state index < -0.39 is 0 Å². The van der Waals surface area contributed by atoms with Crippen LogP contribution in [0, 0.1) is 19.7 Å². The van der Waals surface area contributed by atoms with Gasteiger partial charge in [0.1, 0.15) is 5.82 Å². The SMILES string of the molecule is C/C(=N/Nc1nc2ccccc2c(=O)n1-c1ccc(C)cc1C)c1ccccc1F. The summed E-state index contributed by atoms with van der Waals surface area (Å²) in [5, 5.41) is 4.82. The van der Waals surface area contributed by atoms with Crippen LogP contribution in [0.5, 0.6) is 0 Å². The van der Waals surface area contributed by atoms with E-state index in [9.17, 15) is 9.18 Å². The molecule has 4 aromatic rings.